The van der Waals surface area contributed by atoms with Gasteiger partial charge in [0.25, 0.3) is 0 Å². The zero-order valence-electron chi connectivity index (χ0n) is 16.0. The zero-order chi connectivity index (χ0) is 20.1. The Morgan fingerprint density at radius 3 is 2.15 bits per heavy atom. The van der Waals surface area contributed by atoms with E-state index in [1.165, 1.54) is 23.3 Å². The first-order valence-corrected chi connectivity index (χ1v) is 10.3. The molecule has 0 aromatic heterocycles. The number of amides is 2. The molecular formula is C20H27N3O3S. The van der Waals surface area contributed by atoms with Crippen LogP contribution >= 0.6 is 0 Å². The lowest BCUT2D eigenvalue weighted by Gasteiger charge is -2.26. The van der Waals surface area contributed by atoms with Crippen LogP contribution in [0, 0.1) is 6.92 Å². The minimum absolute atomic E-state index is 0.0790. The Labute approximate surface area is 161 Å². The molecule has 0 aliphatic carbocycles. The van der Waals surface area contributed by atoms with E-state index in [0.717, 1.165) is 5.56 Å². The van der Waals surface area contributed by atoms with Gasteiger partial charge < -0.3 is 10.6 Å². The molecule has 2 rings (SSSR count). The molecule has 146 valence electrons. The Balaban J connectivity index is 1.78. The third-order valence-electron chi connectivity index (χ3n) is 4.48. The van der Waals surface area contributed by atoms with E-state index < -0.39 is 10.0 Å². The summed E-state index contributed by atoms with van der Waals surface area (Å²) in [6, 6.07) is 14.4. The number of carbonyl (C=O) groups excluding carboxylic acids is 1. The molecular weight excluding hydrogens is 362 g/mol. The second kappa shape index (κ2) is 8.54. The molecule has 0 saturated heterocycles. The van der Waals surface area contributed by atoms with E-state index in [4.69, 9.17) is 5.14 Å². The lowest BCUT2D eigenvalue weighted by atomic mass is 9.84. The Morgan fingerprint density at radius 2 is 1.59 bits per heavy atom. The first-order chi connectivity index (χ1) is 12.6. The zero-order valence-corrected chi connectivity index (χ0v) is 16.8. The Morgan fingerprint density at radius 1 is 1.00 bits per heavy atom. The van der Waals surface area contributed by atoms with Gasteiger partial charge in [-0.05, 0) is 36.6 Å². The topological polar surface area (TPSA) is 101 Å². The summed E-state index contributed by atoms with van der Waals surface area (Å²) >= 11 is 0. The average Bonchev–Trinajstić information content (AvgIpc) is 2.60. The van der Waals surface area contributed by atoms with Crippen molar-refractivity contribution in [2.24, 2.45) is 5.14 Å². The van der Waals surface area contributed by atoms with Gasteiger partial charge in [0.2, 0.25) is 10.0 Å². The molecule has 2 aromatic carbocycles. The molecule has 0 radical (unpaired) electrons. The van der Waals surface area contributed by atoms with Crippen LogP contribution < -0.4 is 15.8 Å². The molecule has 4 N–H and O–H groups in total. The number of hydrogen-bond donors (Lipinski definition) is 3. The van der Waals surface area contributed by atoms with Gasteiger partial charge in [-0.2, -0.15) is 0 Å². The van der Waals surface area contributed by atoms with Crippen LogP contribution in [0.5, 0.6) is 0 Å². The largest absolute Gasteiger partial charge is 0.338 e. The number of carbonyl (C=O) groups is 1. The van der Waals surface area contributed by atoms with Crippen LogP contribution in [-0.4, -0.2) is 27.5 Å². The van der Waals surface area contributed by atoms with E-state index in [1.807, 2.05) is 6.92 Å². The normalized spacial score (nSPS) is 11.9. The third-order valence-corrected chi connectivity index (χ3v) is 5.40. The van der Waals surface area contributed by atoms with Gasteiger partial charge in [-0.1, -0.05) is 55.8 Å². The third kappa shape index (κ3) is 6.37. The van der Waals surface area contributed by atoms with Crippen molar-refractivity contribution in [2.45, 2.75) is 37.5 Å². The van der Waals surface area contributed by atoms with E-state index in [-0.39, 0.29) is 16.3 Å². The fourth-order valence-electron chi connectivity index (χ4n) is 2.64. The molecule has 27 heavy (non-hydrogen) atoms. The average molecular weight is 390 g/mol. The van der Waals surface area contributed by atoms with Crippen LogP contribution in [0.15, 0.2) is 53.4 Å². The lowest BCUT2D eigenvalue weighted by molar-refractivity contribution is 0.238. The van der Waals surface area contributed by atoms with Crippen LogP contribution in [0.2, 0.25) is 0 Å². The predicted octanol–water partition coefficient (Wildman–Crippen LogP) is 2.46. The highest BCUT2D eigenvalue weighted by Gasteiger charge is 2.21. The summed E-state index contributed by atoms with van der Waals surface area (Å²) in [5, 5.41) is 10.8. The van der Waals surface area contributed by atoms with Gasteiger partial charge in [-0.25, -0.2) is 18.4 Å². The smallest absolute Gasteiger partial charge is 0.314 e. The van der Waals surface area contributed by atoms with E-state index >= 15 is 0 Å². The predicted molar refractivity (Wildman–Crippen MR) is 107 cm³/mol. The first kappa shape index (κ1) is 20.9. The highest BCUT2D eigenvalue weighted by Crippen LogP contribution is 2.22. The van der Waals surface area contributed by atoms with E-state index in [1.54, 1.807) is 12.1 Å². The van der Waals surface area contributed by atoms with Crippen molar-refractivity contribution in [1.82, 2.24) is 10.6 Å². The monoisotopic (exact) mass is 389 g/mol. The molecule has 0 atom stereocenters. The maximum Gasteiger partial charge on any atom is 0.314 e. The molecule has 0 fully saturated rings. The van der Waals surface area contributed by atoms with Crippen LogP contribution in [0.1, 0.15) is 30.5 Å². The second-order valence-corrected chi connectivity index (χ2v) is 8.86. The molecule has 0 unspecified atom stereocenters. The number of rotatable bonds is 7. The van der Waals surface area contributed by atoms with Gasteiger partial charge in [0, 0.05) is 18.5 Å². The van der Waals surface area contributed by atoms with Crippen LogP contribution in [-0.2, 0) is 21.9 Å². The van der Waals surface area contributed by atoms with E-state index in [9.17, 15) is 13.2 Å². The molecule has 0 heterocycles. The Bertz CT molecular complexity index is 874. The van der Waals surface area contributed by atoms with Crippen LogP contribution in [0.3, 0.4) is 0 Å². The molecule has 0 saturated carbocycles. The van der Waals surface area contributed by atoms with Crippen molar-refractivity contribution < 1.29 is 13.2 Å². The van der Waals surface area contributed by atoms with Gasteiger partial charge in [0.15, 0.2) is 0 Å². The molecule has 0 aliphatic rings. The highest BCUT2D eigenvalue weighted by atomic mass is 32.2. The number of nitrogens with one attached hydrogen (secondary N) is 2. The van der Waals surface area contributed by atoms with E-state index in [0.29, 0.717) is 19.5 Å². The van der Waals surface area contributed by atoms with Gasteiger partial charge in [0.1, 0.15) is 0 Å². The summed E-state index contributed by atoms with van der Waals surface area (Å²) in [5.41, 5.74) is 3.12. The van der Waals surface area contributed by atoms with Crippen molar-refractivity contribution in [3.63, 3.8) is 0 Å². The van der Waals surface area contributed by atoms with Crippen LogP contribution in [0.25, 0.3) is 0 Å². The number of benzene rings is 2. The van der Waals surface area contributed by atoms with Crippen molar-refractivity contribution >= 4 is 16.1 Å². The van der Waals surface area contributed by atoms with Crippen molar-refractivity contribution in [1.29, 1.82) is 0 Å². The quantitative estimate of drug-likeness (QED) is 0.678. The number of urea groups is 1. The van der Waals surface area contributed by atoms with Crippen molar-refractivity contribution in [2.75, 3.05) is 13.1 Å². The molecule has 2 aromatic rings. The fourth-order valence-corrected chi connectivity index (χ4v) is 3.15. The summed E-state index contributed by atoms with van der Waals surface area (Å²) in [6.07, 6.45) is 0.597. The number of aryl methyl sites for hydroxylation is 1. The summed E-state index contributed by atoms with van der Waals surface area (Å²) in [4.78, 5) is 12.1. The van der Waals surface area contributed by atoms with Gasteiger partial charge in [0.05, 0.1) is 4.90 Å². The molecule has 0 spiro atoms. The number of nitrogens with two attached hydrogens (primary N) is 1. The number of hydrogen-bond acceptors (Lipinski definition) is 3. The lowest BCUT2D eigenvalue weighted by Crippen LogP contribution is -2.42. The maximum absolute atomic E-state index is 12.0. The van der Waals surface area contributed by atoms with Gasteiger partial charge in [-0.3, -0.25) is 0 Å². The summed E-state index contributed by atoms with van der Waals surface area (Å²) in [6.45, 7) is 7.19. The van der Waals surface area contributed by atoms with Crippen molar-refractivity contribution in [3.05, 3.63) is 65.2 Å². The second-order valence-electron chi connectivity index (χ2n) is 7.30. The summed E-state index contributed by atoms with van der Waals surface area (Å²) in [5.74, 6) is 0. The molecule has 0 aliphatic heterocycles. The van der Waals surface area contributed by atoms with Gasteiger partial charge >= 0.3 is 6.03 Å². The first-order valence-electron chi connectivity index (χ1n) is 8.78. The minimum atomic E-state index is -3.68. The Hall–Kier alpha value is -2.38. The maximum atomic E-state index is 12.0. The standard InChI is InChI=1S/C20H27N3O3S/c1-15-4-8-17(9-5-15)20(2,3)14-23-19(24)22-13-12-16-6-10-18(11-7-16)27(21,25)26/h4-11H,12-14H2,1-3H3,(H2,21,25,26)(H2,22,23,24). The minimum Gasteiger partial charge on any atom is -0.338 e. The fraction of sp³-hybridized carbons (Fsp3) is 0.350. The summed E-state index contributed by atoms with van der Waals surface area (Å²) < 4.78 is 22.5. The van der Waals surface area contributed by atoms with Crippen molar-refractivity contribution in [3.8, 4) is 0 Å². The van der Waals surface area contributed by atoms with E-state index in [2.05, 4.69) is 48.7 Å². The number of sulfonamides is 1. The molecule has 0 bridgehead atoms. The van der Waals surface area contributed by atoms with Gasteiger partial charge in [-0.15, -0.1) is 0 Å². The summed E-state index contributed by atoms with van der Waals surface area (Å²) in [7, 11) is -3.68. The molecule has 2 amide bonds. The highest BCUT2D eigenvalue weighted by molar-refractivity contribution is 7.89. The van der Waals surface area contributed by atoms with Crippen LogP contribution in [0.4, 0.5) is 4.79 Å². The molecule has 6 nitrogen and oxygen atoms in total. The SMILES string of the molecule is Cc1ccc(C(C)(C)CNC(=O)NCCc2ccc(S(N)(=O)=O)cc2)cc1. The number of primary sulfonamides is 1. The Kier molecular flexibility index (Phi) is 6.62. The molecule has 7 heteroatoms.